The molecule has 0 radical (unpaired) electrons. The lowest BCUT2D eigenvalue weighted by Crippen LogP contribution is -2.57. The molecule has 2 aromatic rings. The highest BCUT2D eigenvalue weighted by atomic mass is 35.5. The van der Waals surface area contributed by atoms with Gasteiger partial charge >= 0.3 is 5.97 Å². The van der Waals surface area contributed by atoms with Crippen molar-refractivity contribution in [2.45, 2.75) is 12.5 Å². The number of carbonyl (C=O) groups is 1. The number of hydrogen-bond donors (Lipinski definition) is 0. The summed E-state index contributed by atoms with van der Waals surface area (Å²) in [6, 6.07) is 11.3. The molecule has 0 saturated carbocycles. The van der Waals surface area contributed by atoms with E-state index in [2.05, 4.69) is 4.90 Å². The van der Waals surface area contributed by atoms with E-state index in [1.54, 1.807) is 18.2 Å². The van der Waals surface area contributed by atoms with Crippen LogP contribution in [-0.2, 0) is 16.0 Å². The maximum atomic E-state index is 11.5. The van der Waals surface area contributed by atoms with E-state index in [1.807, 2.05) is 18.2 Å². The minimum Gasteiger partial charge on any atom is -0.492 e. The Morgan fingerprint density at radius 3 is 2.63 bits per heavy atom. The number of carbonyl (C=O) groups excluding carboxylic acids is 1. The molecule has 7 heteroatoms. The molecule has 0 spiro atoms. The summed E-state index contributed by atoms with van der Waals surface area (Å²) >= 11 is 12.3. The first-order valence-corrected chi connectivity index (χ1v) is 9.50. The largest absolute Gasteiger partial charge is 0.492 e. The molecule has 1 saturated heterocycles. The summed E-state index contributed by atoms with van der Waals surface area (Å²) in [5.41, 5.74) is 1.12. The number of benzene rings is 2. The Morgan fingerprint density at radius 2 is 1.93 bits per heavy atom. The van der Waals surface area contributed by atoms with Gasteiger partial charge in [-0.1, -0.05) is 35.3 Å². The van der Waals surface area contributed by atoms with Crippen LogP contribution in [0.3, 0.4) is 0 Å². The molecule has 0 N–H and O–H groups in total. The lowest BCUT2D eigenvalue weighted by Gasteiger charge is -2.44. The van der Waals surface area contributed by atoms with Crippen LogP contribution in [0.25, 0.3) is 0 Å². The smallest absolute Gasteiger partial charge is 0.311 e. The van der Waals surface area contributed by atoms with Crippen molar-refractivity contribution in [2.24, 2.45) is 5.92 Å². The molecule has 4 rings (SSSR count). The molecule has 0 aliphatic carbocycles. The maximum absolute atomic E-state index is 11.5. The molecule has 2 heterocycles. The van der Waals surface area contributed by atoms with Crippen LogP contribution >= 0.6 is 23.2 Å². The normalized spacial score (nSPS) is 19.6. The second-order valence-corrected chi connectivity index (χ2v) is 7.58. The zero-order valence-electron chi connectivity index (χ0n) is 14.8. The van der Waals surface area contributed by atoms with Gasteiger partial charge in [0.1, 0.15) is 18.1 Å². The number of ether oxygens (including phenoxy) is 3. The number of methoxy groups -OCH3 is 1. The molecule has 2 aromatic carbocycles. The Kier molecular flexibility index (Phi) is 5.17. The van der Waals surface area contributed by atoms with Gasteiger partial charge in [0.15, 0.2) is 5.75 Å². The van der Waals surface area contributed by atoms with E-state index in [0.717, 1.165) is 30.8 Å². The van der Waals surface area contributed by atoms with Crippen LogP contribution in [-0.4, -0.2) is 43.7 Å². The number of para-hydroxylation sites is 1. The number of halogens is 2. The third-order valence-corrected chi connectivity index (χ3v) is 5.62. The number of rotatable bonds is 4. The number of nitrogens with zero attached hydrogens (tertiary/aromatic N) is 1. The maximum Gasteiger partial charge on any atom is 0.311 e. The van der Waals surface area contributed by atoms with E-state index >= 15 is 0 Å². The Bertz CT molecular complexity index is 847. The summed E-state index contributed by atoms with van der Waals surface area (Å²) in [5, 5.41) is 0.915. The molecule has 2 aliphatic rings. The van der Waals surface area contributed by atoms with Crippen molar-refractivity contribution in [3.8, 4) is 17.2 Å². The highest BCUT2D eigenvalue weighted by molar-refractivity contribution is 6.37. The van der Waals surface area contributed by atoms with Gasteiger partial charge in [0, 0.05) is 25.2 Å². The molecule has 0 aromatic heterocycles. The molecule has 1 fully saturated rings. The quantitative estimate of drug-likeness (QED) is 0.710. The van der Waals surface area contributed by atoms with Gasteiger partial charge in [-0.3, -0.25) is 9.69 Å². The Morgan fingerprint density at radius 1 is 1.19 bits per heavy atom. The van der Waals surface area contributed by atoms with Crippen molar-refractivity contribution in [1.82, 2.24) is 4.90 Å². The topological polar surface area (TPSA) is 48.0 Å². The molecular weight excluding hydrogens is 389 g/mol. The second kappa shape index (κ2) is 7.58. The fourth-order valence-electron chi connectivity index (χ4n) is 3.46. The summed E-state index contributed by atoms with van der Waals surface area (Å²) in [6.45, 7) is 2.03. The average Bonchev–Trinajstić information content (AvgIpc) is 2.63. The Labute approximate surface area is 167 Å². The molecule has 0 amide bonds. The van der Waals surface area contributed by atoms with Gasteiger partial charge in [-0.25, -0.2) is 0 Å². The van der Waals surface area contributed by atoms with E-state index in [1.165, 1.54) is 7.11 Å². The summed E-state index contributed by atoms with van der Waals surface area (Å²) in [6.07, 6.45) is 0.871. The highest BCUT2D eigenvalue weighted by Crippen LogP contribution is 2.38. The van der Waals surface area contributed by atoms with Crippen molar-refractivity contribution in [3.05, 3.63) is 52.0 Å². The van der Waals surface area contributed by atoms with Gasteiger partial charge in [-0.2, -0.15) is 0 Å². The fourth-order valence-corrected chi connectivity index (χ4v) is 3.93. The van der Waals surface area contributed by atoms with Gasteiger partial charge in [-0.05, 0) is 30.2 Å². The van der Waals surface area contributed by atoms with Crippen molar-refractivity contribution >= 4 is 29.2 Å². The predicted octanol–water partition coefficient (Wildman–Crippen LogP) is 4.19. The molecule has 2 aliphatic heterocycles. The number of likely N-dealkylation sites (tertiary alicyclic amines) is 1. The van der Waals surface area contributed by atoms with Crippen LogP contribution < -0.4 is 9.47 Å². The first-order chi connectivity index (χ1) is 13.0. The fraction of sp³-hybridized carbons (Fsp3) is 0.350. The van der Waals surface area contributed by atoms with Crippen molar-refractivity contribution in [2.75, 3.05) is 26.8 Å². The SMILES string of the molecule is COC(=O)C1CN(C2COc3cc(Oc4c(Cl)cccc4Cl)ccc3C2)C1. The van der Waals surface area contributed by atoms with E-state index in [9.17, 15) is 4.79 Å². The third kappa shape index (κ3) is 3.72. The number of esters is 1. The van der Waals surface area contributed by atoms with Crippen LogP contribution in [0.5, 0.6) is 17.2 Å². The van der Waals surface area contributed by atoms with Crippen LogP contribution in [0.4, 0.5) is 0 Å². The molecule has 142 valence electrons. The van der Waals surface area contributed by atoms with Crippen molar-refractivity contribution in [3.63, 3.8) is 0 Å². The summed E-state index contributed by atoms with van der Waals surface area (Å²) in [7, 11) is 1.43. The van der Waals surface area contributed by atoms with E-state index in [-0.39, 0.29) is 17.9 Å². The number of fused-ring (bicyclic) bond motifs is 1. The predicted molar refractivity (Wildman–Crippen MR) is 103 cm³/mol. The minimum atomic E-state index is -0.136. The first-order valence-electron chi connectivity index (χ1n) is 8.74. The lowest BCUT2D eigenvalue weighted by molar-refractivity contribution is -0.153. The van der Waals surface area contributed by atoms with Crippen LogP contribution in [0.1, 0.15) is 5.56 Å². The Balaban J connectivity index is 1.42. The summed E-state index contributed by atoms with van der Waals surface area (Å²) < 4.78 is 16.6. The third-order valence-electron chi connectivity index (χ3n) is 5.02. The first kappa shape index (κ1) is 18.4. The summed E-state index contributed by atoms with van der Waals surface area (Å²) in [5.74, 6) is 1.70. The van der Waals surface area contributed by atoms with Crippen LogP contribution in [0.2, 0.25) is 10.0 Å². The molecule has 0 bridgehead atoms. The second-order valence-electron chi connectivity index (χ2n) is 6.77. The highest BCUT2D eigenvalue weighted by Gasteiger charge is 2.39. The molecule has 5 nitrogen and oxygen atoms in total. The van der Waals surface area contributed by atoms with Gasteiger partial charge in [0.2, 0.25) is 0 Å². The van der Waals surface area contributed by atoms with Gasteiger partial charge in [0.05, 0.1) is 23.1 Å². The van der Waals surface area contributed by atoms with E-state index in [0.29, 0.717) is 28.2 Å². The van der Waals surface area contributed by atoms with Crippen molar-refractivity contribution < 1.29 is 19.0 Å². The standard InChI is InChI=1S/C20H19Cl2NO4/c1-25-20(24)13-9-23(10-13)14-7-12-5-6-15(8-18(12)26-11-14)27-19-16(21)3-2-4-17(19)22/h2-6,8,13-14H,7,9-11H2,1H3. The monoisotopic (exact) mass is 407 g/mol. The molecular formula is C20H19Cl2NO4. The van der Waals surface area contributed by atoms with Gasteiger partial charge < -0.3 is 14.2 Å². The van der Waals surface area contributed by atoms with Gasteiger partial charge in [0.25, 0.3) is 0 Å². The number of hydrogen-bond acceptors (Lipinski definition) is 5. The zero-order valence-corrected chi connectivity index (χ0v) is 16.3. The van der Waals surface area contributed by atoms with Gasteiger partial charge in [-0.15, -0.1) is 0 Å². The zero-order chi connectivity index (χ0) is 19.0. The molecule has 1 atom stereocenters. The van der Waals surface area contributed by atoms with Crippen molar-refractivity contribution in [1.29, 1.82) is 0 Å². The van der Waals surface area contributed by atoms with E-state index < -0.39 is 0 Å². The van der Waals surface area contributed by atoms with Crippen LogP contribution in [0, 0.1) is 5.92 Å². The Hall–Kier alpha value is -1.95. The molecule has 27 heavy (non-hydrogen) atoms. The van der Waals surface area contributed by atoms with Crippen LogP contribution in [0.15, 0.2) is 36.4 Å². The average molecular weight is 408 g/mol. The van der Waals surface area contributed by atoms with E-state index in [4.69, 9.17) is 37.4 Å². The minimum absolute atomic E-state index is 0.0208. The summed E-state index contributed by atoms with van der Waals surface area (Å²) in [4.78, 5) is 13.8. The molecule has 1 unspecified atom stereocenters. The lowest BCUT2D eigenvalue weighted by atomic mass is 9.93.